The molecule has 3 rings (SSSR count). The molecule has 0 saturated carbocycles. The number of nitrogens with zero attached hydrogens (tertiary/aromatic N) is 2. The van der Waals surface area contributed by atoms with Gasteiger partial charge in [0.2, 0.25) is 0 Å². The Morgan fingerprint density at radius 2 is 1.79 bits per heavy atom. The minimum Gasteiger partial charge on any atom is -0.444 e. The van der Waals surface area contributed by atoms with Crippen molar-refractivity contribution in [2.24, 2.45) is 0 Å². The maximum absolute atomic E-state index is 12.0. The Morgan fingerprint density at radius 1 is 1.05 bits per heavy atom. The molecule has 3 aromatic rings. The molecular weight excluding hydrogens is 240 g/mol. The number of hydrogen-bond acceptors (Lipinski definition) is 3. The van der Waals surface area contributed by atoms with Crippen LogP contribution in [0.2, 0.25) is 0 Å². The Morgan fingerprint density at radius 3 is 2.63 bits per heavy atom. The first-order valence-corrected chi connectivity index (χ1v) is 5.98. The largest absolute Gasteiger partial charge is 0.444 e. The Bertz CT molecular complexity index is 704. The van der Waals surface area contributed by atoms with Crippen LogP contribution in [0.15, 0.2) is 60.9 Å². The van der Waals surface area contributed by atoms with Gasteiger partial charge in [-0.1, -0.05) is 42.5 Å². The predicted octanol–water partition coefficient (Wildman–Crippen LogP) is 3.22. The molecule has 0 fully saturated rings. The maximum Gasteiger partial charge on any atom is 0.420 e. The smallest absolute Gasteiger partial charge is 0.420 e. The van der Waals surface area contributed by atoms with E-state index in [9.17, 15) is 4.79 Å². The van der Waals surface area contributed by atoms with E-state index in [0.29, 0.717) is 0 Å². The molecule has 4 nitrogen and oxygen atoms in total. The van der Waals surface area contributed by atoms with Gasteiger partial charge in [0.25, 0.3) is 0 Å². The highest BCUT2D eigenvalue weighted by Crippen LogP contribution is 2.12. The lowest BCUT2D eigenvalue weighted by Gasteiger charge is -2.05. The second-order valence-corrected chi connectivity index (χ2v) is 4.14. The molecule has 1 heterocycles. The summed E-state index contributed by atoms with van der Waals surface area (Å²) in [6.45, 7) is 0.256. The normalized spacial score (nSPS) is 10.5. The van der Waals surface area contributed by atoms with Crippen LogP contribution in [-0.2, 0) is 11.3 Å². The molecule has 0 atom stereocenters. The number of fused-ring (bicyclic) bond motifs is 1. The van der Waals surface area contributed by atoms with E-state index < -0.39 is 6.09 Å². The van der Waals surface area contributed by atoms with Gasteiger partial charge in [-0.3, -0.25) is 0 Å². The van der Waals surface area contributed by atoms with Gasteiger partial charge in [-0.05, 0) is 17.7 Å². The Hall–Kier alpha value is -2.62. The van der Waals surface area contributed by atoms with Crippen LogP contribution in [-0.4, -0.2) is 15.6 Å². The third-order valence-electron chi connectivity index (χ3n) is 2.86. The van der Waals surface area contributed by atoms with Crippen LogP contribution in [0, 0.1) is 0 Å². The van der Waals surface area contributed by atoms with Crippen LogP contribution in [0.5, 0.6) is 0 Å². The van der Waals surface area contributed by atoms with E-state index in [-0.39, 0.29) is 6.61 Å². The first kappa shape index (κ1) is 11.5. The monoisotopic (exact) mass is 252 g/mol. The number of carbonyl (C=O) groups excluding carboxylic acids is 1. The van der Waals surface area contributed by atoms with Crippen LogP contribution in [0.25, 0.3) is 11.0 Å². The van der Waals surface area contributed by atoms with E-state index in [1.54, 1.807) is 0 Å². The fourth-order valence-electron chi connectivity index (χ4n) is 1.89. The Balaban J connectivity index is 1.77. The fourth-order valence-corrected chi connectivity index (χ4v) is 1.89. The van der Waals surface area contributed by atoms with Crippen LogP contribution >= 0.6 is 0 Å². The summed E-state index contributed by atoms with van der Waals surface area (Å²) < 4.78 is 6.68. The maximum atomic E-state index is 12.0. The SMILES string of the molecule is O=C(OCc1ccccc1)n1cnc2ccccc21. The summed E-state index contributed by atoms with van der Waals surface area (Å²) in [5, 5.41) is 0. The molecule has 4 heteroatoms. The van der Waals surface area contributed by atoms with Crippen molar-refractivity contribution in [1.82, 2.24) is 9.55 Å². The number of imidazole rings is 1. The highest BCUT2D eigenvalue weighted by molar-refractivity contribution is 5.86. The van der Waals surface area contributed by atoms with E-state index in [4.69, 9.17) is 4.74 Å². The molecule has 0 aliphatic carbocycles. The van der Waals surface area contributed by atoms with Crippen molar-refractivity contribution in [2.75, 3.05) is 0 Å². The average Bonchev–Trinajstić information content (AvgIpc) is 2.90. The fraction of sp³-hybridized carbons (Fsp3) is 0.0667. The summed E-state index contributed by atoms with van der Waals surface area (Å²) in [5.41, 5.74) is 2.49. The molecule has 0 unspecified atom stereocenters. The van der Waals surface area contributed by atoms with Crippen molar-refractivity contribution in [2.45, 2.75) is 6.61 Å². The zero-order valence-corrected chi connectivity index (χ0v) is 10.2. The second kappa shape index (κ2) is 4.94. The van der Waals surface area contributed by atoms with Gasteiger partial charge in [-0.25, -0.2) is 14.3 Å². The molecule has 0 amide bonds. The van der Waals surface area contributed by atoms with Crippen molar-refractivity contribution in [1.29, 1.82) is 0 Å². The molecule has 0 aliphatic rings. The van der Waals surface area contributed by atoms with Crippen molar-refractivity contribution in [3.05, 3.63) is 66.5 Å². The molecule has 2 aromatic carbocycles. The van der Waals surface area contributed by atoms with Crippen LogP contribution < -0.4 is 0 Å². The van der Waals surface area contributed by atoms with E-state index in [1.165, 1.54) is 10.9 Å². The van der Waals surface area contributed by atoms with Gasteiger partial charge in [-0.15, -0.1) is 0 Å². The summed E-state index contributed by atoms with van der Waals surface area (Å²) in [5.74, 6) is 0. The molecule has 0 radical (unpaired) electrons. The lowest BCUT2D eigenvalue weighted by Crippen LogP contribution is -2.12. The summed E-state index contributed by atoms with van der Waals surface area (Å²) >= 11 is 0. The Kier molecular flexibility index (Phi) is 2.98. The standard InChI is InChI=1S/C15H12N2O2/c18-15(19-10-12-6-2-1-3-7-12)17-11-16-13-8-4-5-9-14(13)17/h1-9,11H,10H2. The minimum absolute atomic E-state index is 0.256. The van der Waals surface area contributed by atoms with Crippen molar-refractivity contribution >= 4 is 17.1 Å². The van der Waals surface area contributed by atoms with Crippen molar-refractivity contribution < 1.29 is 9.53 Å². The van der Waals surface area contributed by atoms with Crippen molar-refractivity contribution in [3.63, 3.8) is 0 Å². The highest BCUT2D eigenvalue weighted by atomic mass is 16.5. The summed E-state index contributed by atoms with van der Waals surface area (Å²) in [4.78, 5) is 16.2. The number of ether oxygens (including phenoxy) is 1. The van der Waals surface area contributed by atoms with Gasteiger partial charge >= 0.3 is 6.09 Å². The molecule has 0 N–H and O–H groups in total. The highest BCUT2D eigenvalue weighted by Gasteiger charge is 2.10. The van der Waals surface area contributed by atoms with Crippen LogP contribution in [0.4, 0.5) is 4.79 Å². The third kappa shape index (κ3) is 2.33. The molecule has 94 valence electrons. The number of benzene rings is 2. The second-order valence-electron chi connectivity index (χ2n) is 4.14. The number of hydrogen-bond donors (Lipinski definition) is 0. The van der Waals surface area contributed by atoms with E-state index in [1.807, 2.05) is 54.6 Å². The topological polar surface area (TPSA) is 44.1 Å². The van der Waals surface area contributed by atoms with Crippen LogP contribution in [0.1, 0.15) is 5.56 Å². The molecule has 0 spiro atoms. The molecule has 0 saturated heterocycles. The summed E-state index contributed by atoms with van der Waals surface area (Å²) in [6.07, 6.45) is 1.07. The number of rotatable bonds is 2. The van der Waals surface area contributed by atoms with E-state index in [2.05, 4.69) is 4.98 Å². The zero-order chi connectivity index (χ0) is 13.1. The van der Waals surface area contributed by atoms with E-state index in [0.717, 1.165) is 16.6 Å². The van der Waals surface area contributed by atoms with Gasteiger partial charge in [0.15, 0.2) is 0 Å². The predicted molar refractivity (Wildman–Crippen MR) is 71.8 cm³/mol. The van der Waals surface area contributed by atoms with Crippen molar-refractivity contribution in [3.8, 4) is 0 Å². The number of para-hydroxylation sites is 2. The molecular formula is C15H12N2O2. The van der Waals surface area contributed by atoms with E-state index >= 15 is 0 Å². The third-order valence-corrected chi connectivity index (χ3v) is 2.86. The first-order chi connectivity index (χ1) is 9.34. The lowest BCUT2D eigenvalue weighted by atomic mass is 10.2. The number of aromatic nitrogens is 2. The molecule has 1 aromatic heterocycles. The average molecular weight is 252 g/mol. The lowest BCUT2D eigenvalue weighted by molar-refractivity contribution is 0.142. The molecule has 0 bridgehead atoms. The minimum atomic E-state index is -0.419. The van der Waals surface area contributed by atoms with Gasteiger partial charge < -0.3 is 4.74 Å². The molecule has 0 aliphatic heterocycles. The quantitative estimate of drug-likeness (QED) is 0.703. The van der Waals surface area contributed by atoms with Crippen LogP contribution in [0.3, 0.4) is 0 Å². The summed E-state index contributed by atoms with van der Waals surface area (Å²) in [6, 6.07) is 17.0. The summed E-state index contributed by atoms with van der Waals surface area (Å²) in [7, 11) is 0. The Labute approximate surface area is 110 Å². The zero-order valence-electron chi connectivity index (χ0n) is 10.2. The van der Waals surface area contributed by atoms with Gasteiger partial charge in [0.05, 0.1) is 11.0 Å². The van der Waals surface area contributed by atoms with Gasteiger partial charge in [0.1, 0.15) is 12.9 Å². The number of carbonyl (C=O) groups is 1. The van der Waals surface area contributed by atoms with Gasteiger partial charge in [0, 0.05) is 0 Å². The molecule has 19 heavy (non-hydrogen) atoms. The first-order valence-electron chi connectivity index (χ1n) is 5.98. The van der Waals surface area contributed by atoms with Gasteiger partial charge in [-0.2, -0.15) is 0 Å².